The van der Waals surface area contributed by atoms with Crippen molar-refractivity contribution in [2.75, 3.05) is 13.1 Å². The molecule has 0 spiro atoms. The predicted molar refractivity (Wildman–Crippen MR) is 135 cm³/mol. The Morgan fingerprint density at radius 3 is 1.55 bits per heavy atom. The van der Waals surface area contributed by atoms with E-state index >= 15 is 0 Å². The fraction of sp³-hybridized carbons (Fsp3) is 0.385. The van der Waals surface area contributed by atoms with Gasteiger partial charge in [-0.15, -0.1) is 0 Å². The summed E-state index contributed by atoms with van der Waals surface area (Å²) in [7, 11) is 0. The number of amides is 3. The van der Waals surface area contributed by atoms with Crippen LogP contribution in [0.1, 0.15) is 31.9 Å². The third-order valence-electron chi connectivity index (χ3n) is 5.31. The number of thiocarbonyl (C=S) groups is 1. The van der Waals surface area contributed by atoms with Crippen molar-refractivity contribution in [3.63, 3.8) is 0 Å². The summed E-state index contributed by atoms with van der Waals surface area (Å²) in [5.74, 6) is -2.11. The third kappa shape index (κ3) is 8.77. The first-order chi connectivity index (χ1) is 15.8. The van der Waals surface area contributed by atoms with Gasteiger partial charge in [-0.2, -0.15) is 0 Å². The lowest BCUT2D eigenvalue weighted by molar-refractivity contribution is -0.137. The summed E-state index contributed by atoms with van der Waals surface area (Å²) in [5, 5.41) is 8.18. The molecule has 0 aromatic heterocycles. The molecular formula is C26H33N3O3S. The summed E-state index contributed by atoms with van der Waals surface area (Å²) in [4.78, 5) is 39.2. The molecule has 3 amide bonds. The maximum atomic E-state index is 12.9. The molecule has 0 radical (unpaired) electrons. The lowest BCUT2D eigenvalue weighted by atomic mass is 9.92. The Morgan fingerprint density at radius 2 is 1.18 bits per heavy atom. The monoisotopic (exact) mass is 467 g/mol. The van der Waals surface area contributed by atoms with Gasteiger partial charge in [-0.25, -0.2) is 0 Å². The van der Waals surface area contributed by atoms with Crippen LogP contribution in [0.15, 0.2) is 60.7 Å². The van der Waals surface area contributed by atoms with Crippen LogP contribution in [-0.2, 0) is 27.2 Å². The summed E-state index contributed by atoms with van der Waals surface area (Å²) in [6, 6.07) is 18.1. The maximum absolute atomic E-state index is 12.9. The van der Waals surface area contributed by atoms with Crippen LogP contribution in [0.25, 0.3) is 0 Å². The SMILES string of the molecule is CC(=S)[C@H](C(=O)NC(C(=O)NCCc1ccccc1)C(=O)NCCc1ccccc1)C(C)C. The molecular weight excluding hydrogens is 434 g/mol. The van der Waals surface area contributed by atoms with Crippen molar-refractivity contribution in [3.05, 3.63) is 71.8 Å². The minimum atomic E-state index is -1.33. The minimum Gasteiger partial charge on any atom is -0.354 e. The highest BCUT2D eigenvalue weighted by molar-refractivity contribution is 7.80. The first-order valence-corrected chi connectivity index (χ1v) is 11.6. The number of rotatable bonds is 12. The van der Waals surface area contributed by atoms with Crippen LogP contribution >= 0.6 is 12.2 Å². The van der Waals surface area contributed by atoms with Crippen molar-refractivity contribution >= 4 is 34.8 Å². The smallest absolute Gasteiger partial charge is 0.252 e. The Morgan fingerprint density at radius 1 is 0.758 bits per heavy atom. The van der Waals surface area contributed by atoms with Crippen molar-refractivity contribution in [2.45, 2.75) is 39.7 Å². The Balaban J connectivity index is 2.03. The van der Waals surface area contributed by atoms with Crippen LogP contribution in [0.3, 0.4) is 0 Å². The zero-order valence-electron chi connectivity index (χ0n) is 19.5. The maximum Gasteiger partial charge on any atom is 0.252 e. The molecule has 0 aliphatic heterocycles. The van der Waals surface area contributed by atoms with Gasteiger partial charge >= 0.3 is 0 Å². The van der Waals surface area contributed by atoms with Gasteiger partial charge in [-0.1, -0.05) is 86.7 Å². The van der Waals surface area contributed by atoms with Gasteiger partial charge in [-0.3, -0.25) is 14.4 Å². The lowest BCUT2D eigenvalue weighted by Gasteiger charge is -2.23. The molecule has 0 unspecified atom stereocenters. The molecule has 2 aromatic rings. The van der Waals surface area contributed by atoms with Crippen molar-refractivity contribution in [3.8, 4) is 0 Å². The summed E-state index contributed by atoms with van der Waals surface area (Å²) in [6.07, 6.45) is 1.24. The molecule has 7 heteroatoms. The van der Waals surface area contributed by atoms with E-state index in [1.54, 1.807) is 6.92 Å². The zero-order valence-corrected chi connectivity index (χ0v) is 20.3. The van der Waals surface area contributed by atoms with E-state index in [9.17, 15) is 14.4 Å². The highest BCUT2D eigenvalue weighted by Crippen LogP contribution is 2.14. The van der Waals surface area contributed by atoms with Gasteiger partial charge in [0.05, 0.1) is 5.92 Å². The van der Waals surface area contributed by atoms with Crippen molar-refractivity contribution in [1.82, 2.24) is 16.0 Å². The van der Waals surface area contributed by atoms with Gasteiger partial charge in [-0.05, 0) is 36.8 Å². The fourth-order valence-corrected chi connectivity index (χ4v) is 3.97. The van der Waals surface area contributed by atoms with E-state index in [-0.39, 0.29) is 5.92 Å². The molecule has 0 aliphatic carbocycles. The molecule has 3 N–H and O–H groups in total. The number of hydrogen-bond donors (Lipinski definition) is 3. The van der Waals surface area contributed by atoms with Gasteiger partial charge in [0.15, 0.2) is 6.04 Å². The van der Waals surface area contributed by atoms with E-state index in [4.69, 9.17) is 12.2 Å². The van der Waals surface area contributed by atoms with E-state index in [1.807, 2.05) is 74.5 Å². The molecule has 0 heterocycles. The minimum absolute atomic E-state index is 0.0505. The fourth-order valence-electron chi connectivity index (χ4n) is 3.59. The molecule has 0 fully saturated rings. The van der Waals surface area contributed by atoms with E-state index < -0.39 is 29.7 Å². The molecule has 2 rings (SSSR count). The average molecular weight is 468 g/mol. The predicted octanol–water partition coefficient (Wildman–Crippen LogP) is 2.85. The molecule has 1 atom stereocenters. The Bertz CT molecular complexity index is 875. The molecule has 0 aliphatic rings. The van der Waals surface area contributed by atoms with Crippen LogP contribution < -0.4 is 16.0 Å². The number of nitrogens with one attached hydrogen (secondary N) is 3. The number of carbonyl (C=O) groups is 3. The molecule has 176 valence electrons. The van der Waals surface area contributed by atoms with Crippen molar-refractivity contribution < 1.29 is 14.4 Å². The van der Waals surface area contributed by atoms with Crippen LogP contribution in [0.2, 0.25) is 0 Å². The normalized spacial score (nSPS) is 11.7. The Kier molecular flexibility index (Phi) is 10.7. The second kappa shape index (κ2) is 13.5. The summed E-state index contributed by atoms with van der Waals surface area (Å²) in [6.45, 7) is 6.18. The number of carbonyl (C=O) groups excluding carboxylic acids is 3. The van der Waals surface area contributed by atoms with Crippen molar-refractivity contribution in [1.29, 1.82) is 0 Å². The average Bonchev–Trinajstić information content (AvgIpc) is 2.78. The molecule has 0 saturated heterocycles. The van der Waals surface area contributed by atoms with Crippen LogP contribution in [-0.4, -0.2) is 41.7 Å². The van der Waals surface area contributed by atoms with Crippen LogP contribution in [0.5, 0.6) is 0 Å². The largest absolute Gasteiger partial charge is 0.354 e. The first kappa shape index (κ1) is 26.2. The number of benzene rings is 2. The second-order valence-corrected chi connectivity index (χ2v) is 8.97. The quantitative estimate of drug-likeness (QED) is 0.331. The van der Waals surface area contributed by atoms with Gasteiger partial charge in [0.2, 0.25) is 5.91 Å². The van der Waals surface area contributed by atoms with E-state index in [2.05, 4.69) is 16.0 Å². The molecule has 2 aromatic carbocycles. The van der Waals surface area contributed by atoms with Crippen LogP contribution in [0, 0.1) is 11.8 Å². The first-order valence-electron chi connectivity index (χ1n) is 11.2. The highest BCUT2D eigenvalue weighted by atomic mass is 32.1. The zero-order chi connectivity index (χ0) is 24.2. The lowest BCUT2D eigenvalue weighted by Crippen LogP contribution is -2.57. The third-order valence-corrected chi connectivity index (χ3v) is 5.56. The van der Waals surface area contributed by atoms with Gasteiger partial charge in [0.25, 0.3) is 11.8 Å². The van der Waals surface area contributed by atoms with E-state index in [0.29, 0.717) is 30.8 Å². The molecule has 6 nitrogen and oxygen atoms in total. The highest BCUT2D eigenvalue weighted by Gasteiger charge is 2.32. The number of hydrogen-bond acceptors (Lipinski definition) is 4. The molecule has 0 bridgehead atoms. The standard InChI is InChI=1S/C26H33N3O3S/c1-18(2)22(19(3)33)24(30)29-23(25(31)27-16-14-20-10-6-4-7-11-20)26(32)28-17-15-21-12-8-5-9-13-21/h4-13,18,22-23H,14-17H2,1-3H3,(H,27,31)(H,28,32)(H,29,30)/t22-/m1/s1. The molecule has 33 heavy (non-hydrogen) atoms. The summed E-state index contributed by atoms with van der Waals surface area (Å²) >= 11 is 5.24. The van der Waals surface area contributed by atoms with E-state index in [1.165, 1.54) is 0 Å². The molecule has 0 saturated carbocycles. The Labute approximate surface area is 201 Å². The summed E-state index contributed by atoms with van der Waals surface area (Å²) < 4.78 is 0. The van der Waals surface area contributed by atoms with Crippen LogP contribution in [0.4, 0.5) is 0 Å². The van der Waals surface area contributed by atoms with Gasteiger partial charge in [0.1, 0.15) is 0 Å². The topological polar surface area (TPSA) is 87.3 Å². The van der Waals surface area contributed by atoms with Gasteiger partial charge in [0, 0.05) is 18.0 Å². The second-order valence-electron chi connectivity index (χ2n) is 8.33. The van der Waals surface area contributed by atoms with E-state index in [0.717, 1.165) is 11.1 Å². The summed E-state index contributed by atoms with van der Waals surface area (Å²) in [5.41, 5.74) is 2.14. The van der Waals surface area contributed by atoms with Crippen molar-refractivity contribution in [2.24, 2.45) is 11.8 Å². The Hall–Kier alpha value is -3.06. The van der Waals surface area contributed by atoms with Gasteiger partial charge < -0.3 is 16.0 Å².